The molecule has 1 aromatic heterocycles. The van der Waals surface area contributed by atoms with E-state index in [2.05, 4.69) is 146 Å². The first kappa shape index (κ1) is 37.2. The van der Waals surface area contributed by atoms with E-state index in [4.69, 9.17) is 20.0 Å². The molecular formula is C48H51N7. The summed E-state index contributed by atoms with van der Waals surface area (Å²) in [5.74, 6) is 3.55. The second kappa shape index (κ2) is 17.4. The molecule has 3 aromatic rings. The van der Waals surface area contributed by atoms with Crippen LogP contribution < -0.4 is 10.6 Å². The van der Waals surface area contributed by atoms with Gasteiger partial charge >= 0.3 is 0 Å². The predicted molar refractivity (Wildman–Crippen MR) is 233 cm³/mol. The van der Waals surface area contributed by atoms with Crippen LogP contribution >= 0.6 is 0 Å². The number of benzene rings is 2. The van der Waals surface area contributed by atoms with E-state index in [0.29, 0.717) is 12.3 Å². The van der Waals surface area contributed by atoms with E-state index in [1.807, 2.05) is 24.3 Å². The minimum atomic E-state index is -0.385. The summed E-state index contributed by atoms with van der Waals surface area (Å²) in [5.41, 5.74) is 9.52. The van der Waals surface area contributed by atoms with Gasteiger partial charge in [0.25, 0.3) is 0 Å². The summed E-state index contributed by atoms with van der Waals surface area (Å²) in [5, 5.41) is 7.42. The van der Waals surface area contributed by atoms with Crippen LogP contribution in [0.5, 0.6) is 0 Å². The number of amidine groups is 3. The molecule has 278 valence electrons. The summed E-state index contributed by atoms with van der Waals surface area (Å²) in [6.07, 6.45) is 28.2. The summed E-state index contributed by atoms with van der Waals surface area (Å²) in [4.78, 5) is 21.2. The fourth-order valence-corrected chi connectivity index (χ4v) is 7.73. The lowest BCUT2D eigenvalue weighted by Gasteiger charge is -2.29. The summed E-state index contributed by atoms with van der Waals surface area (Å²) in [7, 11) is 0. The first-order valence-corrected chi connectivity index (χ1v) is 19.5. The van der Waals surface area contributed by atoms with Crippen molar-refractivity contribution in [2.45, 2.75) is 71.6 Å². The van der Waals surface area contributed by atoms with Gasteiger partial charge < -0.3 is 10.6 Å². The Hall–Kier alpha value is -6.08. The van der Waals surface area contributed by atoms with Gasteiger partial charge in [0.15, 0.2) is 6.17 Å². The first-order valence-electron chi connectivity index (χ1n) is 19.5. The fourth-order valence-electron chi connectivity index (χ4n) is 7.73. The standard InChI is InChI=1S/C48H51N7/c1-6-9-23-33(4)32-41-40(22-7-2)42(39(8-3)47-51-43(35-24-14-10-15-25-35)49-44(52-47)36-26-16-11-17-27-36)34(5)55(41)48-53-45(37-28-18-12-19-29-37)50-46(54-48)38-30-20-13-21-31-38/h6-16,18-20,22-26,28-29,38,43,46H,1,4,17,21,27,30-32H2,2-3,5H3,(H,49,51,52)(H,50,53,54)/b22-7-,23-9-,39-8+. The van der Waals surface area contributed by atoms with Crippen molar-refractivity contribution in [3.63, 3.8) is 0 Å². The molecule has 7 heteroatoms. The van der Waals surface area contributed by atoms with Crippen molar-refractivity contribution in [2.75, 3.05) is 0 Å². The molecule has 0 bridgehead atoms. The summed E-state index contributed by atoms with van der Waals surface area (Å²) in [6, 6.07) is 20.7. The number of nitrogens with zero attached hydrogens (tertiary/aromatic N) is 5. The topological polar surface area (TPSA) is 78.4 Å². The molecule has 3 heterocycles. The first-order chi connectivity index (χ1) is 27.0. The van der Waals surface area contributed by atoms with Crippen LogP contribution in [0.4, 0.5) is 0 Å². The Morgan fingerprint density at radius 2 is 1.71 bits per heavy atom. The molecule has 3 unspecified atom stereocenters. The van der Waals surface area contributed by atoms with E-state index in [-0.39, 0.29) is 12.3 Å². The average molecular weight is 726 g/mol. The average Bonchev–Trinajstić information content (AvgIpc) is 3.50. The van der Waals surface area contributed by atoms with Gasteiger partial charge in [0.05, 0.1) is 0 Å². The van der Waals surface area contributed by atoms with Gasteiger partial charge in [0, 0.05) is 46.0 Å². The number of rotatable bonds is 11. The minimum absolute atomic E-state index is 0.225. The maximum atomic E-state index is 5.44. The van der Waals surface area contributed by atoms with E-state index < -0.39 is 0 Å². The largest absolute Gasteiger partial charge is 0.325 e. The molecule has 2 aromatic carbocycles. The number of allylic oxidation sites excluding steroid dienone is 11. The Kier molecular flexibility index (Phi) is 11.8. The predicted octanol–water partition coefficient (Wildman–Crippen LogP) is 10.4. The number of hydrogen-bond acceptors (Lipinski definition) is 6. The van der Waals surface area contributed by atoms with Gasteiger partial charge in [-0.05, 0) is 69.6 Å². The van der Waals surface area contributed by atoms with Gasteiger partial charge in [-0.2, -0.15) is 0 Å². The second-order valence-electron chi connectivity index (χ2n) is 14.2. The van der Waals surface area contributed by atoms with Crippen LogP contribution in [0.15, 0.2) is 166 Å². The Labute approximate surface area is 326 Å². The van der Waals surface area contributed by atoms with Crippen molar-refractivity contribution >= 4 is 35.1 Å². The van der Waals surface area contributed by atoms with Crippen molar-refractivity contribution in [3.8, 4) is 0 Å². The van der Waals surface area contributed by atoms with Crippen LogP contribution in [0, 0.1) is 12.8 Å². The summed E-state index contributed by atoms with van der Waals surface area (Å²) >= 11 is 0. The van der Waals surface area contributed by atoms with E-state index in [1.54, 1.807) is 6.08 Å². The smallest absolute Gasteiger partial charge is 0.210 e. The van der Waals surface area contributed by atoms with Crippen LogP contribution in [0.3, 0.4) is 0 Å². The van der Waals surface area contributed by atoms with Gasteiger partial charge in [-0.1, -0.05) is 141 Å². The number of nitrogens with one attached hydrogen (secondary N) is 2. The third kappa shape index (κ3) is 8.21. The maximum absolute atomic E-state index is 5.44. The molecule has 3 atom stereocenters. The van der Waals surface area contributed by atoms with E-state index in [0.717, 1.165) is 100 Å². The molecule has 0 fully saturated rings. The number of aromatic nitrogens is 1. The van der Waals surface area contributed by atoms with Gasteiger partial charge in [-0.3, -0.25) is 4.57 Å². The molecule has 2 N–H and O–H groups in total. The highest BCUT2D eigenvalue weighted by Gasteiger charge is 2.32. The van der Waals surface area contributed by atoms with E-state index in [1.165, 1.54) is 5.57 Å². The molecule has 7 nitrogen and oxygen atoms in total. The summed E-state index contributed by atoms with van der Waals surface area (Å²) < 4.78 is 2.30. The van der Waals surface area contributed by atoms with Crippen LogP contribution in [0.1, 0.15) is 85.8 Å². The number of hydrogen-bond donors (Lipinski definition) is 2. The zero-order valence-corrected chi connectivity index (χ0v) is 32.2. The van der Waals surface area contributed by atoms with Gasteiger partial charge in [0.1, 0.15) is 23.7 Å². The van der Waals surface area contributed by atoms with Gasteiger partial charge in [-0.25, -0.2) is 20.0 Å². The lowest BCUT2D eigenvalue weighted by atomic mass is 9.91. The molecule has 0 amide bonds. The van der Waals surface area contributed by atoms with Gasteiger partial charge in [0.2, 0.25) is 5.96 Å². The lowest BCUT2D eigenvalue weighted by molar-refractivity contribution is 0.396. The van der Waals surface area contributed by atoms with Crippen molar-refractivity contribution < 1.29 is 0 Å². The Bertz CT molecular complexity index is 2230. The molecule has 2 aliphatic carbocycles. The molecule has 0 saturated carbocycles. The highest BCUT2D eigenvalue weighted by Crippen LogP contribution is 2.36. The Morgan fingerprint density at radius 1 is 0.909 bits per heavy atom. The zero-order valence-electron chi connectivity index (χ0n) is 32.2. The molecule has 2 aliphatic heterocycles. The molecular weight excluding hydrogens is 675 g/mol. The van der Waals surface area contributed by atoms with E-state index in [9.17, 15) is 0 Å². The third-order valence-corrected chi connectivity index (χ3v) is 10.4. The highest BCUT2D eigenvalue weighted by atomic mass is 15.3. The molecule has 55 heavy (non-hydrogen) atoms. The lowest BCUT2D eigenvalue weighted by Crippen LogP contribution is -2.43. The summed E-state index contributed by atoms with van der Waals surface area (Å²) in [6.45, 7) is 14.7. The van der Waals surface area contributed by atoms with Gasteiger partial charge in [-0.15, -0.1) is 0 Å². The Balaban J connectivity index is 1.41. The van der Waals surface area contributed by atoms with Crippen LogP contribution in [-0.4, -0.2) is 34.2 Å². The minimum Gasteiger partial charge on any atom is -0.325 e. The SMILES string of the molecule is C=C/C=C\C(=C)Cc1c(/C=C\C)c(/C(=C\C)C2=NC(c3ccccc3)N=C(C3=CC=CCC3)N2)c(C)n1C1=NC(C2CC=CCC2)N=C(c2ccccc2)N1. The number of aliphatic imine (C=N–C) groups is 4. The second-order valence-corrected chi connectivity index (χ2v) is 14.2. The van der Waals surface area contributed by atoms with E-state index >= 15 is 0 Å². The van der Waals surface area contributed by atoms with Crippen LogP contribution in [-0.2, 0) is 6.42 Å². The third-order valence-electron chi connectivity index (χ3n) is 10.4. The molecule has 0 radical (unpaired) electrons. The highest BCUT2D eigenvalue weighted by molar-refractivity contribution is 6.30. The Morgan fingerprint density at radius 3 is 2.40 bits per heavy atom. The molecule has 0 saturated heterocycles. The maximum Gasteiger partial charge on any atom is 0.210 e. The van der Waals surface area contributed by atoms with Crippen molar-refractivity contribution in [2.24, 2.45) is 25.9 Å². The van der Waals surface area contributed by atoms with Crippen LogP contribution in [0.2, 0.25) is 0 Å². The molecule has 7 rings (SSSR count). The van der Waals surface area contributed by atoms with Crippen LogP contribution in [0.25, 0.3) is 11.6 Å². The normalized spacial score (nSPS) is 21.3. The van der Waals surface area contributed by atoms with Crippen molar-refractivity contribution in [1.82, 2.24) is 15.2 Å². The molecule has 0 spiro atoms. The van der Waals surface area contributed by atoms with Crippen molar-refractivity contribution in [3.05, 3.63) is 179 Å². The van der Waals surface area contributed by atoms with Crippen molar-refractivity contribution in [1.29, 1.82) is 0 Å². The fraction of sp³-hybridized carbons (Fsp3) is 0.250. The monoisotopic (exact) mass is 725 g/mol. The zero-order chi connectivity index (χ0) is 38.1. The molecule has 4 aliphatic rings. The quantitative estimate of drug-likeness (QED) is 0.152.